The quantitative estimate of drug-likeness (QED) is 0.881. The van der Waals surface area contributed by atoms with Crippen LogP contribution in [-0.2, 0) is 16.1 Å². The van der Waals surface area contributed by atoms with Crippen LogP contribution in [0.4, 0.5) is 5.69 Å². The van der Waals surface area contributed by atoms with E-state index < -0.39 is 6.10 Å². The Hall–Kier alpha value is -2.33. The molecule has 2 aromatic rings. The highest BCUT2D eigenvalue weighted by Gasteiger charge is 2.16. The van der Waals surface area contributed by atoms with Gasteiger partial charge in [0, 0.05) is 12.8 Å². The van der Waals surface area contributed by atoms with Crippen molar-refractivity contribution in [2.45, 2.75) is 33.5 Å². The second kappa shape index (κ2) is 7.79. The van der Waals surface area contributed by atoms with Gasteiger partial charge in [0.2, 0.25) is 0 Å². The van der Waals surface area contributed by atoms with Crippen LogP contribution in [0.3, 0.4) is 0 Å². The molecule has 122 valence electrons. The average Bonchev–Trinajstić information content (AvgIpc) is 2.51. The summed E-state index contributed by atoms with van der Waals surface area (Å²) in [4.78, 5) is 12.3. The molecular weight excluding hydrogens is 290 g/mol. The molecule has 0 saturated heterocycles. The Balaban J connectivity index is 2.02. The van der Waals surface area contributed by atoms with E-state index in [9.17, 15) is 4.79 Å². The molecule has 0 fully saturated rings. The summed E-state index contributed by atoms with van der Waals surface area (Å²) in [5.41, 5.74) is 3.86. The van der Waals surface area contributed by atoms with E-state index in [0.717, 1.165) is 28.1 Å². The number of ether oxygens (including phenoxy) is 2. The number of carbonyl (C=O) groups is 1. The molecule has 2 aromatic carbocycles. The number of nitrogens with one attached hydrogen (secondary N) is 1. The van der Waals surface area contributed by atoms with E-state index in [0.29, 0.717) is 6.61 Å². The molecule has 1 amide bonds. The fourth-order valence-corrected chi connectivity index (χ4v) is 2.23. The molecule has 23 heavy (non-hydrogen) atoms. The Labute approximate surface area is 137 Å². The zero-order valence-corrected chi connectivity index (χ0v) is 14.1. The van der Waals surface area contributed by atoms with Gasteiger partial charge >= 0.3 is 0 Å². The van der Waals surface area contributed by atoms with Crippen LogP contribution in [0.15, 0.2) is 42.5 Å². The first-order valence-corrected chi connectivity index (χ1v) is 7.62. The summed E-state index contributed by atoms with van der Waals surface area (Å²) >= 11 is 0. The van der Waals surface area contributed by atoms with E-state index in [2.05, 4.69) is 5.32 Å². The minimum Gasteiger partial charge on any atom is -0.481 e. The van der Waals surface area contributed by atoms with Gasteiger partial charge in [0.25, 0.3) is 5.91 Å². The van der Waals surface area contributed by atoms with Crippen LogP contribution < -0.4 is 10.1 Å². The van der Waals surface area contributed by atoms with Crippen LogP contribution in [0.1, 0.15) is 23.6 Å². The van der Waals surface area contributed by atoms with Gasteiger partial charge in [0.15, 0.2) is 6.10 Å². The lowest BCUT2D eigenvalue weighted by atomic mass is 10.1. The summed E-state index contributed by atoms with van der Waals surface area (Å²) in [6.45, 7) is 6.22. The molecule has 1 atom stereocenters. The Bertz CT molecular complexity index is 682. The standard InChI is InChI=1S/C19H23NO3/c1-13-8-9-14(2)18(10-13)23-15(3)19(21)20-17-7-5-6-16(11-17)12-22-4/h5-11,15H,12H2,1-4H3,(H,20,21)/t15-/m0/s1. The second-order valence-electron chi connectivity index (χ2n) is 5.65. The molecule has 0 aliphatic heterocycles. The van der Waals surface area contributed by atoms with Gasteiger partial charge < -0.3 is 14.8 Å². The van der Waals surface area contributed by atoms with Gasteiger partial charge in [-0.15, -0.1) is 0 Å². The number of aryl methyl sites for hydroxylation is 2. The second-order valence-corrected chi connectivity index (χ2v) is 5.65. The smallest absolute Gasteiger partial charge is 0.265 e. The molecule has 0 spiro atoms. The van der Waals surface area contributed by atoms with Crippen LogP contribution in [0, 0.1) is 13.8 Å². The van der Waals surface area contributed by atoms with Crippen LogP contribution in [-0.4, -0.2) is 19.1 Å². The van der Waals surface area contributed by atoms with Crippen molar-refractivity contribution in [1.82, 2.24) is 0 Å². The third kappa shape index (κ3) is 4.83. The van der Waals surface area contributed by atoms with Gasteiger partial charge in [0.05, 0.1) is 6.61 Å². The molecule has 0 unspecified atom stereocenters. The highest BCUT2D eigenvalue weighted by atomic mass is 16.5. The minimum atomic E-state index is -0.582. The van der Waals surface area contributed by atoms with Gasteiger partial charge in [-0.1, -0.05) is 24.3 Å². The van der Waals surface area contributed by atoms with Crippen molar-refractivity contribution in [3.05, 3.63) is 59.2 Å². The fraction of sp³-hybridized carbons (Fsp3) is 0.316. The monoisotopic (exact) mass is 313 g/mol. The van der Waals surface area contributed by atoms with Crippen molar-refractivity contribution >= 4 is 11.6 Å². The summed E-state index contributed by atoms with van der Waals surface area (Å²) in [6, 6.07) is 13.5. The summed E-state index contributed by atoms with van der Waals surface area (Å²) in [5, 5.41) is 2.88. The van der Waals surface area contributed by atoms with E-state index in [1.165, 1.54) is 0 Å². The first-order chi connectivity index (χ1) is 11.0. The van der Waals surface area contributed by atoms with Crippen molar-refractivity contribution in [1.29, 1.82) is 0 Å². The molecule has 0 saturated carbocycles. The van der Waals surface area contributed by atoms with Crippen LogP contribution in [0.25, 0.3) is 0 Å². The lowest BCUT2D eigenvalue weighted by Crippen LogP contribution is -2.30. The number of benzene rings is 2. The Kier molecular flexibility index (Phi) is 5.77. The topological polar surface area (TPSA) is 47.6 Å². The number of anilines is 1. The van der Waals surface area contributed by atoms with E-state index in [1.54, 1.807) is 14.0 Å². The molecular formula is C19H23NO3. The normalized spacial score (nSPS) is 11.8. The van der Waals surface area contributed by atoms with Crippen molar-refractivity contribution in [3.8, 4) is 5.75 Å². The first kappa shape index (κ1) is 17.0. The molecule has 0 radical (unpaired) electrons. The third-order valence-electron chi connectivity index (χ3n) is 3.52. The molecule has 0 heterocycles. The Morgan fingerprint density at radius 3 is 2.70 bits per heavy atom. The molecule has 4 heteroatoms. The Morgan fingerprint density at radius 2 is 1.96 bits per heavy atom. The summed E-state index contributed by atoms with van der Waals surface area (Å²) in [5.74, 6) is 0.557. The number of amides is 1. The van der Waals surface area contributed by atoms with Gasteiger partial charge in [0.1, 0.15) is 5.75 Å². The van der Waals surface area contributed by atoms with Crippen LogP contribution in [0.5, 0.6) is 5.75 Å². The zero-order valence-electron chi connectivity index (χ0n) is 14.1. The lowest BCUT2D eigenvalue weighted by Gasteiger charge is -2.17. The fourth-order valence-electron chi connectivity index (χ4n) is 2.23. The number of hydrogen-bond acceptors (Lipinski definition) is 3. The van der Waals surface area contributed by atoms with Crippen molar-refractivity contribution in [2.24, 2.45) is 0 Å². The van der Waals surface area contributed by atoms with Gasteiger partial charge in [-0.3, -0.25) is 4.79 Å². The van der Waals surface area contributed by atoms with Gasteiger partial charge in [-0.05, 0) is 55.7 Å². The number of rotatable bonds is 6. The average molecular weight is 313 g/mol. The summed E-state index contributed by atoms with van der Waals surface area (Å²) < 4.78 is 10.9. The van der Waals surface area contributed by atoms with E-state index in [4.69, 9.17) is 9.47 Å². The lowest BCUT2D eigenvalue weighted by molar-refractivity contribution is -0.122. The van der Waals surface area contributed by atoms with Gasteiger partial charge in [-0.2, -0.15) is 0 Å². The minimum absolute atomic E-state index is 0.180. The Morgan fingerprint density at radius 1 is 1.17 bits per heavy atom. The van der Waals surface area contributed by atoms with Gasteiger partial charge in [-0.25, -0.2) is 0 Å². The van der Waals surface area contributed by atoms with Crippen LogP contribution >= 0.6 is 0 Å². The van der Waals surface area contributed by atoms with E-state index >= 15 is 0 Å². The maximum Gasteiger partial charge on any atom is 0.265 e. The molecule has 2 rings (SSSR count). The third-order valence-corrected chi connectivity index (χ3v) is 3.52. The summed E-state index contributed by atoms with van der Waals surface area (Å²) in [6.07, 6.45) is -0.582. The summed E-state index contributed by atoms with van der Waals surface area (Å²) in [7, 11) is 1.64. The van der Waals surface area contributed by atoms with E-state index in [1.807, 2.05) is 56.3 Å². The predicted octanol–water partition coefficient (Wildman–Crippen LogP) is 3.86. The van der Waals surface area contributed by atoms with Crippen LogP contribution in [0.2, 0.25) is 0 Å². The highest BCUT2D eigenvalue weighted by Crippen LogP contribution is 2.21. The number of carbonyl (C=O) groups excluding carboxylic acids is 1. The van der Waals surface area contributed by atoms with E-state index in [-0.39, 0.29) is 5.91 Å². The SMILES string of the molecule is COCc1cccc(NC(=O)[C@H](C)Oc2cc(C)ccc2C)c1. The van der Waals surface area contributed by atoms with Crippen molar-refractivity contribution in [3.63, 3.8) is 0 Å². The number of methoxy groups -OCH3 is 1. The molecule has 0 aliphatic rings. The largest absolute Gasteiger partial charge is 0.481 e. The highest BCUT2D eigenvalue weighted by molar-refractivity contribution is 5.94. The molecule has 4 nitrogen and oxygen atoms in total. The first-order valence-electron chi connectivity index (χ1n) is 7.62. The maximum absolute atomic E-state index is 12.3. The number of hydrogen-bond donors (Lipinski definition) is 1. The maximum atomic E-state index is 12.3. The molecule has 0 aromatic heterocycles. The molecule has 0 aliphatic carbocycles. The molecule has 0 bridgehead atoms. The zero-order chi connectivity index (χ0) is 16.8. The predicted molar refractivity (Wildman–Crippen MR) is 91.8 cm³/mol. The van der Waals surface area contributed by atoms with Crippen molar-refractivity contribution < 1.29 is 14.3 Å². The van der Waals surface area contributed by atoms with Crippen molar-refractivity contribution in [2.75, 3.05) is 12.4 Å². The molecule has 1 N–H and O–H groups in total.